The minimum atomic E-state index is -0.355. The molecule has 0 aliphatic carbocycles. The number of aryl methyl sites for hydroxylation is 1. The molecule has 178 valence electrons. The van der Waals surface area contributed by atoms with Crippen molar-refractivity contribution in [2.45, 2.75) is 13.8 Å². The van der Waals surface area contributed by atoms with Crippen molar-refractivity contribution in [3.8, 4) is 22.7 Å². The van der Waals surface area contributed by atoms with Crippen LogP contribution in [0.4, 0.5) is 0 Å². The number of amides is 1. The molecule has 6 nitrogen and oxygen atoms in total. The third kappa shape index (κ3) is 5.03. The van der Waals surface area contributed by atoms with Gasteiger partial charge in [-0.3, -0.25) is 4.79 Å². The number of carbonyl (C=O) groups excluding carboxylic acids is 1. The van der Waals surface area contributed by atoms with Crippen LogP contribution in [-0.2, 0) is 4.79 Å². The van der Waals surface area contributed by atoms with Gasteiger partial charge in [0.1, 0.15) is 0 Å². The molecular formula is C30H26N4O2. The standard InChI is InChI=1S/C30H26N4O2/c1-21-18-26(22(2)34(21)27-15-12-24(13-16-27)23-8-4-3-5-9-23)19-31-33-29(35)20-36-30-17-14-25-10-6-7-11-28(25)32-30/h3-19H,20H2,1-2H3,(H,33,35)/b31-19-. The van der Waals surface area contributed by atoms with Gasteiger partial charge in [0.25, 0.3) is 5.91 Å². The first-order chi connectivity index (χ1) is 17.6. The van der Waals surface area contributed by atoms with Gasteiger partial charge >= 0.3 is 0 Å². The number of hydrazone groups is 1. The number of aromatic nitrogens is 2. The van der Waals surface area contributed by atoms with Crippen LogP contribution in [0.2, 0.25) is 0 Å². The highest BCUT2D eigenvalue weighted by atomic mass is 16.5. The second-order valence-corrected chi connectivity index (χ2v) is 8.50. The van der Waals surface area contributed by atoms with Crippen LogP contribution < -0.4 is 10.2 Å². The van der Waals surface area contributed by atoms with Crippen LogP contribution in [0.25, 0.3) is 27.7 Å². The van der Waals surface area contributed by atoms with E-state index in [1.165, 1.54) is 11.1 Å². The summed E-state index contributed by atoms with van der Waals surface area (Å²) in [5.74, 6) is 0.0428. The first kappa shape index (κ1) is 23.1. The number of carbonyl (C=O) groups is 1. The molecule has 6 heteroatoms. The molecule has 0 atom stereocenters. The highest BCUT2D eigenvalue weighted by Crippen LogP contribution is 2.24. The van der Waals surface area contributed by atoms with E-state index < -0.39 is 0 Å². The highest BCUT2D eigenvalue weighted by Gasteiger charge is 2.10. The van der Waals surface area contributed by atoms with Gasteiger partial charge in [-0.1, -0.05) is 60.7 Å². The number of para-hydroxylation sites is 1. The average molecular weight is 475 g/mol. The number of hydrogen-bond donors (Lipinski definition) is 1. The molecule has 1 N–H and O–H groups in total. The summed E-state index contributed by atoms with van der Waals surface area (Å²) in [5, 5.41) is 5.15. The minimum absolute atomic E-state index is 0.171. The van der Waals surface area contributed by atoms with Gasteiger partial charge in [0.05, 0.1) is 11.7 Å². The van der Waals surface area contributed by atoms with E-state index in [0.717, 1.165) is 33.5 Å². The number of pyridine rings is 1. The highest BCUT2D eigenvalue weighted by molar-refractivity contribution is 5.85. The van der Waals surface area contributed by atoms with E-state index in [1.807, 2.05) is 61.5 Å². The number of hydrogen-bond acceptors (Lipinski definition) is 4. The molecule has 0 saturated heterocycles. The molecule has 36 heavy (non-hydrogen) atoms. The lowest BCUT2D eigenvalue weighted by Crippen LogP contribution is -2.24. The molecule has 0 aliphatic heterocycles. The zero-order valence-electron chi connectivity index (χ0n) is 20.2. The zero-order valence-corrected chi connectivity index (χ0v) is 20.2. The first-order valence-corrected chi connectivity index (χ1v) is 11.7. The monoisotopic (exact) mass is 474 g/mol. The molecule has 2 aromatic heterocycles. The minimum Gasteiger partial charge on any atom is -0.467 e. The average Bonchev–Trinajstić information content (AvgIpc) is 3.20. The van der Waals surface area contributed by atoms with Crippen molar-refractivity contribution < 1.29 is 9.53 Å². The normalized spacial score (nSPS) is 11.2. The van der Waals surface area contributed by atoms with Crippen molar-refractivity contribution in [3.05, 3.63) is 114 Å². The Morgan fingerprint density at radius 1 is 0.917 bits per heavy atom. The second-order valence-electron chi connectivity index (χ2n) is 8.50. The summed E-state index contributed by atoms with van der Waals surface area (Å²) in [6, 6.07) is 32.3. The Labute approximate surface area is 209 Å². The Hall–Kier alpha value is -4.71. The summed E-state index contributed by atoms with van der Waals surface area (Å²) in [4.78, 5) is 16.6. The maximum absolute atomic E-state index is 12.2. The van der Waals surface area contributed by atoms with Crippen molar-refractivity contribution in [1.82, 2.24) is 15.0 Å². The molecule has 0 bridgehead atoms. The first-order valence-electron chi connectivity index (χ1n) is 11.7. The summed E-state index contributed by atoms with van der Waals surface area (Å²) < 4.78 is 7.70. The number of nitrogens with zero attached hydrogens (tertiary/aromatic N) is 3. The molecular weight excluding hydrogens is 448 g/mol. The van der Waals surface area contributed by atoms with Crippen molar-refractivity contribution >= 4 is 23.0 Å². The Balaban J connectivity index is 1.22. The summed E-state index contributed by atoms with van der Waals surface area (Å²) in [6.07, 6.45) is 1.66. The predicted molar refractivity (Wildman–Crippen MR) is 144 cm³/mol. The third-order valence-corrected chi connectivity index (χ3v) is 6.02. The molecule has 5 rings (SSSR count). The van der Waals surface area contributed by atoms with Gasteiger partial charge in [0.2, 0.25) is 5.88 Å². The SMILES string of the molecule is Cc1cc(/C=N\NC(=O)COc2ccc3ccccc3n2)c(C)n1-c1ccc(-c2ccccc2)cc1. The van der Waals surface area contributed by atoms with Gasteiger partial charge in [0, 0.05) is 34.1 Å². The molecule has 2 heterocycles. The maximum Gasteiger partial charge on any atom is 0.278 e. The van der Waals surface area contributed by atoms with Crippen molar-refractivity contribution in [2.75, 3.05) is 6.61 Å². The van der Waals surface area contributed by atoms with Crippen molar-refractivity contribution in [3.63, 3.8) is 0 Å². The lowest BCUT2D eigenvalue weighted by molar-refractivity contribution is -0.123. The molecule has 5 aromatic rings. The Bertz CT molecular complexity index is 1540. The lowest BCUT2D eigenvalue weighted by atomic mass is 10.1. The van der Waals surface area contributed by atoms with Gasteiger partial charge in [0.15, 0.2) is 6.61 Å². The Morgan fingerprint density at radius 2 is 1.64 bits per heavy atom. The maximum atomic E-state index is 12.2. The van der Waals surface area contributed by atoms with E-state index in [-0.39, 0.29) is 12.5 Å². The van der Waals surface area contributed by atoms with Gasteiger partial charge < -0.3 is 9.30 Å². The van der Waals surface area contributed by atoms with E-state index >= 15 is 0 Å². The lowest BCUT2D eigenvalue weighted by Gasteiger charge is -2.11. The molecule has 0 saturated carbocycles. The van der Waals surface area contributed by atoms with Gasteiger partial charge in [-0.15, -0.1) is 0 Å². The molecule has 0 aliphatic rings. The molecule has 0 fully saturated rings. The molecule has 3 aromatic carbocycles. The van der Waals surface area contributed by atoms with Crippen LogP contribution >= 0.6 is 0 Å². The Kier molecular flexibility index (Phi) is 6.58. The summed E-state index contributed by atoms with van der Waals surface area (Å²) >= 11 is 0. The Morgan fingerprint density at radius 3 is 2.44 bits per heavy atom. The zero-order chi connectivity index (χ0) is 24.9. The molecule has 0 radical (unpaired) electrons. The fourth-order valence-corrected chi connectivity index (χ4v) is 4.22. The van der Waals surface area contributed by atoms with Crippen molar-refractivity contribution in [1.29, 1.82) is 0 Å². The summed E-state index contributed by atoms with van der Waals surface area (Å²) in [6.45, 7) is 3.92. The number of rotatable bonds is 7. The van der Waals surface area contributed by atoms with Gasteiger partial charge in [-0.2, -0.15) is 5.10 Å². The number of nitrogens with one attached hydrogen (secondary N) is 1. The largest absolute Gasteiger partial charge is 0.467 e. The predicted octanol–water partition coefficient (Wildman–Crippen LogP) is 5.84. The van der Waals surface area contributed by atoms with E-state index in [0.29, 0.717) is 5.88 Å². The topological polar surface area (TPSA) is 68.5 Å². The number of benzene rings is 3. The van der Waals surface area contributed by atoms with E-state index in [4.69, 9.17) is 4.74 Å². The van der Waals surface area contributed by atoms with Crippen LogP contribution in [0, 0.1) is 13.8 Å². The second kappa shape index (κ2) is 10.3. The van der Waals surface area contributed by atoms with Crippen LogP contribution in [0.5, 0.6) is 5.88 Å². The summed E-state index contributed by atoms with van der Waals surface area (Å²) in [7, 11) is 0. The van der Waals surface area contributed by atoms with Gasteiger partial charge in [-0.25, -0.2) is 10.4 Å². The molecule has 0 unspecified atom stereocenters. The molecule has 1 amide bonds. The van der Waals surface area contributed by atoms with Crippen LogP contribution in [0.15, 0.2) is 102 Å². The van der Waals surface area contributed by atoms with Crippen LogP contribution in [-0.4, -0.2) is 28.3 Å². The number of fused-ring (bicyclic) bond motifs is 1. The third-order valence-electron chi connectivity index (χ3n) is 6.02. The summed E-state index contributed by atoms with van der Waals surface area (Å²) in [5.41, 5.74) is 9.83. The van der Waals surface area contributed by atoms with Crippen LogP contribution in [0.1, 0.15) is 17.0 Å². The number of ether oxygens (including phenoxy) is 1. The smallest absolute Gasteiger partial charge is 0.278 e. The van der Waals surface area contributed by atoms with Crippen LogP contribution in [0.3, 0.4) is 0 Å². The van der Waals surface area contributed by atoms with Crippen molar-refractivity contribution in [2.24, 2.45) is 5.10 Å². The van der Waals surface area contributed by atoms with E-state index in [2.05, 4.69) is 63.4 Å². The van der Waals surface area contributed by atoms with E-state index in [9.17, 15) is 4.79 Å². The molecule has 0 spiro atoms. The fourth-order valence-electron chi connectivity index (χ4n) is 4.22. The van der Waals surface area contributed by atoms with Gasteiger partial charge in [-0.05, 0) is 55.3 Å². The fraction of sp³-hybridized carbons (Fsp3) is 0.100. The van der Waals surface area contributed by atoms with E-state index in [1.54, 1.807) is 12.3 Å². The quantitative estimate of drug-likeness (QED) is 0.238.